The molecular formula is C29H24F3NO8. The summed E-state index contributed by atoms with van der Waals surface area (Å²) >= 11 is 0. The lowest BCUT2D eigenvalue weighted by molar-refractivity contribution is -0.160. The van der Waals surface area contributed by atoms with Crippen molar-refractivity contribution in [2.75, 3.05) is 0 Å². The van der Waals surface area contributed by atoms with E-state index in [4.69, 9.17) is 5.73 Å². The summed E-state index contributed by atoms with van der Waals surface area (Å²) in [6, 6.07) is 7.27. The SMILES string of the molecule is C[C@H]1c2ccc(/C=C/c3ccc(C(F)(F)F)cc3)c(O)c2C(O)=C2C(=O)[C@]3(O)C(O)=C(C(N)=O)C(=O)C[C@@H]3C(O)[C@@H]21. The van der Waals surface area contributed by atoms with Crippen LogP contribution in [-0.2, 0) is 20.6 Å². The van der Waals surface area contributed by atoms with E-state index in [-0.39, 0.29) is 11.1 Å². The smallest absolute Gasteiger partial charge is 0.416 e. The van der Waals surface area contributed by atoms with Gasteiger partial charge in [-0.05, 0) is 29.2 Å². The van der Waals surface area contributed by atoms with Crippen molar-refractivity contribution in [3.63, 3.8) is 0 Å². The largest absolute Gasteiger partial charge is 0.508 e. The number of amides is 1. The minimum Gasteiger partial charge on any atom is -0.508 e. The molecule has 5 atom stereocenters. The Morgan fingerprint density at radius 3 is 2.27 bits per heavy atom. The maximum absolute atomic E-state index is 13.7. The molecule has 12 heteroatoms. The summed E-state index contributed by atoms with van der Waals surface area (Å²) < 4.78 is 38.5. The third-order valence-corrected chi connectivity index (χ3v) is 8.23. The third kappa shape index (κ3) is 4.05. The fourth-order valence-corrected chi connectivity index (χ4v) is 6.12. The van der Waals surface area contributed by atoms with Gasteiger partial charge in [0.1, 0.15) is 22.8 Å². The van der Waals surface area contributed by atoms with Crippen LogP contribution in [0, 0.1) is 11.8 Å². The van der Waals surface area contributed by atoms with Gasteiger partial charge in [-0.3, -0.25) is 14.4 Å². The van der Waals surface area contributed by atoms with Crippen molar-refractivity contribution in [1.29, 1.82) is 0 Å². The van der Waals surface area contributed by atoms with E-state index in [1.165, 1.54) is 36.4 Å². The Balaban J connectivity index is 1.61. The summed E-state index contributed by atoms with van der Waals surface area (Å²) in [6.45, 7) is 1.60. The van der Waals surface area contributed by atoms with Crippen LogP contribution in [0.25, 0.3) is 17.9 Å². The van der Waals surface area contributed by atoms with Gasteiger partial charge in [0.05, 0.1) is 17.2 Å². The topological polar surface area (TPSA) is 178 Å². The first-order chi connectivity index (χ1) is 19.1. The molecule has 1 amide bonds. The van der Waals surface area contributed by atoms with E-state index < -0.39 is 93.5 Å². The lowest BCUT2D eigenvalue weighted by Gasteiger charge is -2.50. The van der Waals surface area contributed by atoms with Crippen molar-refractivity contribution in [3.8, 4) is 5.75 Å². The molecule has 1 saturated carbocycles. The summed E-state index contributed by atoms with van der Waals surface area (Å²) in [6.07, 6.45) is -4.00. The molecule has 3 aliphatic carbocycles. The Hall–Kier alpha value is -4.42. The van der Waals surface area contributed by atoms with Crippen LogP contribution in [0.4, 0.5) is 13.2 Å². The second-order valence-corrected chi connectivity index (χ2v) is 10.4. The van der Waals surface area contributed by atoms with Crippen LogP contribution in [0.3, 0.4) is 0 Å². The molecule has 3 aliphatic rings. The number of alkyl halides is 3. The summed E-state index contributed by atoms with van der Waals surface area (Å²) in [7, 11) is 0. The highest BCUT2D eigenvalue weighted by atomic mass is 19.4. The molecule has 5 rings (SSSR count). The van der Waals surface area contributed by atoms with Gasteiger partial charge in [-0.2, -0.15) is 13.2 Å². The number of ketones is 2. The number of carbonyl (C=O) groups is 3. The van der Waals surface area contributed by atoms with Crippen molar-refractivity contribution in [2.24, 2.45) is 17.6 Å². The highest BCUT2D eigenvalue weighted by Crippen LogP contribution is 2.55. The number of phenols is 1. The van der Waals surface area contributed by atoms with E-state index in [0.29, 0.717) is 11.1 Å². The van der Waals surface area contributed by atoms with Gasteiger partial charge in [0.15, 0.2) is 11.4 Å². The maximum Gasteiger partial charge on any atom is 0.416 e. The highest BCUT2D eigenvalue weighted by molar-refractivity contribution is 6.23. The predicted molar refractivity (Wildman–Crippen MR) is 138 cm³/mol. The van der Waals surface area contributed by atoms with Crippen LogP contribution in [0.2, 0.25) is 0 Å². The van der Waals surface area contributed by atoms with Gasteiger partial charge in [-0.15, -0.1) is 0 Å². The number of rotatable bonds is 3. The van der Waals surface area contributed by atoms with Gasteiger partial charge < -0.3 is 31.3 Å². The Morgan fingerprint density at radius 1 is 1.05 bits per heavy atom. The van der Waals surface area contributed by atoms with Gasteiger partial charge in [-0.25, -0.2) is 0 Å². The zero-order valence-electron chi connectivity index (χ0n) is 21.3. The Labute approximate surface area is 230 Å². The number of phenolic OH excluding ortho intramolecular Hbond substituents is 1. The molecule has 0 heterocycles. The number of aliphatic hydroxyl groups is 4. The lowest BCUT2D eigenvalue weighted by Crippen LogP contribution is -2.63. The van der Waals surface area contributed by atoms with E-state index in [0.717, 1.165) is 12.1 Å². The molecule has 1 unspecified atom stereocenters. The summed E-state index contributed by atoms with van der Waals surface area (Å²) in [5.74, 6) is -9.63. The standard InChI is InChI=1S/C29H24F3NO8/c1-11-15-9-6-13(5-2-12-3-7-14(8-4-12)29(30,31)32)22(35)19(15)24(37)21-18(11)23(36)16-10-17(34)20(27(33)40)25(38)28(16,41)26(21)39/h2-9,11,16,18,23,35-38,41H,10H2,1H3,(H2,33,40)/b5-2+/t11-,16+,18+,23?,28+/m0/s1. The van der Waals surface area contributed by atoms with Crippen LogP contribution in [0.1, 0.15) is 47.1 Å². The van der Waals surface area contributed by atoms with Crippen molar-refractivity contribution < 1.29 is 53.1 Å². The van der Waals surface area contributed by atoms with Crippen molar-refractivity contribution in [1.82, 2.24) is 0 Å². The number of benzene rings is 2. The zero-order valence-corrected chi connectivity index (χ0v) is 21.3. The fourth-order valence-electron chi connectivity index (χ4n) is 6.12. The van der Waals surface area contributed by atoms with Gasteiger partial charge in [0, 0.05) is 29.4 Å². The molecule has 0 bridgehead atoms. The highest BCUT2D eigenvalue weighted by Gasteiger charge is 2.64. The van der Waals surface area contributed by atoms with Gasteiger partial charge in [0.25, 0.3) is 5.91 Å². The maximum atomic E-state index is 13.7. The molecule has 0 radical (unpaired) electrons. The molecule has 0 aromatic heterocycles. The quantitative estimate of drug-likeness (QED) is 0.240. The minimum atomic E-state index is -4.50. The number of hydrogen-bond acceptors (Lipinski definition) is 8. The van der Waals surface area contributed by atoms with E-state index in [1.54, 1.807) is 6.92 Å². The molecule has 2 aromatic rings. The van der Waals surface area contributed by atoms with Crippen molar-refractivity contribution in [3.05, 3.63) is 81.1 Å². The van der Waals surface area contributed by atoms with E-state index >= 15 is 0 Å². The Bertz CT molecular complexity index is 1600. The average Bonchev–Trinajstić information content (AvgIpc) is 2.90. The number of primary amides is 1. The van der Waals surface area contributed by atoms with Crippen LogP contribution in [-0.4, -0.2) is 54.7 Å². The first-order valence-electron chi connectivity index (χ1n) is 12.5. The molecule has 2 aromatic carbocycles. The summed E-state index contributed by atoms with van der Waals surface area (Å²) in [5.41, 5.74) is 0.556. The van der Waals surface area contributed by atoms with Crippen LogP contribution in [0.5, 0.6) is 5.75 Å². The van der Waals surface area contributed by atoms with Crippen LogP contribution in [0.15, 0.2) is 53.3 Å². The average molecular weight is 572 g/mol. The zero-order chi connectivity index (χ0) is 30.2. The second kappa shape index (κ2) is 9.32. The predicted octanol–water partition coefficient (Wildman–Crippen LogP) is 3.14. The summed E-state index contributed by atoms with van der Waals surface area (Å²) in [5, 5.41) is 55.7. The molecule has 7 N–H and O–H groups in total. The number of aromatic hydroxyl groups is 1. The normalized spacial score (nSPS) is 28.0. The number of hydrogen-bond donors (Lipinski definition) is 6. The van der Waals surface area contributed by atoms with Crippen molar-refractivity contribution in [2.45, 2.75) is 37.1 Å². The van der Waals surface area contributed by atoms with E-state index in [9.17, 15) is 53.1 Å². The molecule has 214 valence electrons. The lowest BCUT2D eigenvalue weighted by atomic mass is 9.55. The molecule has 9 nitrogen and oxygen atoms in total. The number of aliphatic hydroxyl groups excluding tert-OH is 3. The summed E-state index contributed by atoms with van der Waals surface area (Å²) in [4.78, 5) is 38.0. The molecular weight excluding hydrogens is 547 g/mol. The van der Waals surface area contributed by atoms with Gasteiger partial charge >= 0.3 is 6.18 Å². The number of halogens is 3. The molecule has 0 saturated heterocycles. The first-order valence-corrected chi connectivity index (χ1v) is 12.5. The van der Waals surface area contributed by atoms with E-state index in [1.807, 2.05) is 0 Å². The van der Waals surface area contributed by atoms with Crippen LogP contribution >= 0.6 is 0 Å². The monoisotopic (exact) mass is 571 g/mol. The molecule has 1 fully saturated rings. The Kier molecular flexibility index (Phi) is 6.39. The molecule has 41 heavy (non-hydrogen) atoms. The van der Waals surface area contributed by atoms with Crippen LogP contribution < -0.4 is 5.73 Å². The van der Waals surface area contributed by atoms with Gasteiger partial charge in [-0.1, -0.05) is 43.3 Å². The first kappa shape index (κ1) is 28.1. The number of carbonyl (C=O) groups excluding carboxylic acids is 3. The van der Waals surface area contributed by atoms with Crippen molar-refractivity contribution >= 4 is 35.4 Å². The minimum absolute atomic E-state index is 0.129. The number of fused-ring (bicyclic) bond motifs is 3. The number of nitrogens with two attached hydrogens (primary N) is 1. The molecule has 0 spiro atoms. The third-order valence-electron chi connectivity index (χ3n) is 8.23. The Morgan fingerprint density at radius 2 is 1.68 bits per heavy atom. The number of Topliss-reactive ketones (excluding diaryl/α,β-unsaturated/α-hetero) is 2. The fraction of sp³-hybridized carbons (Fsp3) is 0.276. The van der Waals surface area contributed by atoms with Gasteiger partial charge in [0.2, 0.25) is 5.78 Å². The second-order valence-electron chi connectivity index (χ2n) is 10.4. The molecule has 0 aliphatic heterocycles. The van der Waals surface area contributed by atoms with E-state index in [2.05, 4.69) is 0 Å².